The zero-order valence-corrected chi connectivity index (χ0v) is 17.1. The predicted molar refractivity (Wildman–Crippen MR) is 112 cm³/mol. The van der Waals surface area contributed by atoms with Crippen molar-refractivity contribution in [3.05, 3.63) is 29.3 Å². The zero-order valence-electron chi connectivity index (χ0n) is 17.1. The van der Waals surface area contributed by atoms with Crippen molar-refractivity contribution in [2.75, 3.05) is 19.7 Å². The highest BCUT2D eigenvalue weighted by Gasteiger charge is 2.43. The van der Waals surface area contributed by atoms with Gasteiger partial charge in [-0.3, -0.25) is 9.69 Å². The van der Waals surface area contributed by atoms with Crippen molar-refractivity contribution in [1.29, 1.82) is 0 Å². The lowest BCUT2D eigenvalue weighted by Gasteiger charge is -2.40. The third-order valence-electron chi connectivity index (χ3n) is 6.43. The first-order valence-corrected chi connectivity index (χ1v) is 10.7. The first-order valence-electron chi connectivity index (χ1n) is 10.7. The first kappa shape index (κ1) is 22.1. The molecule has 8 heteroatoms. The summed E-state index contributed by atoms with van der Waals surface area (Å²) < 4.78 is 5.91. The van der Waals surface area contributed by atoms with E-state index in [1.165, 1.54) is 11.1 Å². The van der Waals surface area contributed by atoms with E-state index in [0.717, 1.165) is 57.7 Å². The van der Waals surface area contributed by atoms with Crippen LogP contribution in [0.25, 0.3) is 0 Å². The Morgan fingerprint density at radius 1 is 1.28 bits per heavy atom. The lowest BCUT2D eigenvalue weighted by Crippen LogP contribution is -2.56. The number of carboxylic acid groups (broad SMARTS) is 1. The Kier molecular flexibility index (Phi) is 7.57. The van der Waals surface area contributed by atoms with Gasteiger partial charge in [0.2, 0.25) is 0 Å². The van der Waals surface area contributed by atoms with E-state index >= 15 is 0 Å². The first-order chi connectivity index (χ1) is 13.9. The smallest absolute Gasteiger partial charge is 0.451 e. The van der Waals surface area contributed by atoms with Gasteiger partial charge in [0.25, 0.3) is 0 Å². The molecule has 1 unspecified atom stereocenters. The van der Waals surface area contributed by atoms with Gasteiger partial charge in [-0.05, 0) is 63.0 Å². The fourth-order valence-electron chi connectivity index (χ4n) is 4.66. The number of hydrogen-bond acceptors (Lipinski definition) is 6. The summed E-state index contributed by atoms with van der Waals surface area (Å²) in [6.07, 6.45) is 5.37. The molecule has 7 nitrogen and oxygen atoms in total. The number of benzene rings is 1. The molecule has 2 aliphatic rings. The Hall–Kier alpha value is -1.61. The summed E-state index contributed by atoms with van der Waals surface area (Å²) in [5.41, 5.74) is 7.60. The second-order valence-electron chi connectivity index (χ2n) is 8.48. The van der Waals surface area contributed by atoms with Crippen molar-refractivity contribution in [1.82, 2.24) is 4.90 Å². The van der Waals surface area contributed by atoms with Crippen LogP contribution in [0.15, 0.2) is 18.2 Å². The number of fused-ring (bicyclic) bond motifs is 1. The molecular weight excluding hydrogens is 371 g/mol. The molecule has 5 N–H and O–H groups in total. The van der Waals surface area contributed by atoms with Crippen LogP contribution in [0.2, 0.25) is 6.32 Å². The van der Waals surface area contributed by atoms with E-state index in [2.05, 4.69) is 23.1 Å². The van der Waals surface area contributed by atoms with Crippen molar-refractivity contribution in [3.8, 4) is 5.75 Å². The van der Waals surface area contributed by atoms with Gasteiger partial charge >= 0.3 is 13.1 Å². The lowest BCUT2D eigenvalue weighted by atomic mass is 9.74. The van der Waals surface area contributed by atoms with Crippen LogP contribution < -0.4 is 10.5 Å². The Morgan fingerprint density at radius 3 is 2.72 bits per heavy atom. The molecular formula is C21H33BN2O5. The van der Waals surface area contributed by atoms with Crippen molar-refractivity contribution in [2.45, 2.75) is 63.3 Å². The van der Waals surface area contributed by atoms with E-state index in [9.17, 15) is 9.90 Å². The molecule has 1 aromatic carbocycles. The standard InChI is InChI=1S/C21H33BN2O5/c23-21(20(25)26,10-1-2-11-22(27)28)18-8-12-24(13-9-18)15-17-6-3-5-16-7-4-14-29-19(16)17/h3,5-6,18,27-28H,1-2,4,7-15,23H2,(H,25,26). The number of nitrogens with zero attached hydrogens (tertiary/aromatic N) is 1. The fraction of sp³-hybridized carbons (Fsp3) is 0.667. The molecule has 0 spiro atoms. The number of unbranched alkanes of at least 4 members (excludes halogenated alkanes) is 1. The molecule has 0 aliphatic carbocycles. The van der Waals surface area contributed by atoms with E-state index in [4.69, 9.17) is 20.5 Å². The molecule has 29 heavy (non-hydrogen) atoms. The van der Waals surface area contributed by atoms with Crippen LogP contribution in [0.1, 0.15) is 49.7 Å². The SMILES string of the molecule is NC(CCCCB(O)O)(C(=O)O)C1CCN(Cc2cccc3c2OCCC3)CC1. The van der Waals surface area contributed by atoms with E-state index in [1.54, 1.807) is 0 Å². The zero-order chi connectivity index (χ0) is 20.9. The van der Waals surface area contributed by atoms with E-state index in [1.807, 2.05) is 0 Å². The number of hydrogen-bond donors (Lipinski definition) is 4. The molecule has 0 amide bonds. The average Bonchev–Trinajstić information content (AvgIpc) is 2.71. The van der Waals surface area contributed by atoms with Crippen molar-refractivity contribution in [3.63, 3.8) is 0 Å². The van der Waals surface area contributed by atoms with Crippen LogP contribution in [0, 0.1) is 5.92 Å². The highest BCUT2D eigenvalue weighted by Crippen LogP contribution is 2.34. The molecule has 1 atom stereocenters. The molecule has 0 radical (unpaired) electrons. The van der Waals surface area contributed by atoms with Crippen LogP contribution in [0.3, 0.4) is 0 Å². The van der Waals surface area contributed by atoms with Gasteiger partial charge in [0, 0.05) is 12.1 Å². The van der Waals surface area contributed by atoms with Crippen LogP contribution in [-0.4, -0.2) is 58.4 Å². The quantitative estimate of drug-likeness (QED) is 0.365. The van der Waals surface area contributed by atoms with Crippen LogP contribution >= 0.6 is 0 Å². The highest BCUT2D eigenvalue weighted by atomic mass is 16.5. The number of rotatable bonds is 9. The number of piperidine rings is 1. The number of carbonyl (C=O) groups is 1. The molecule has 2 heterocycles. The Balaban J connectivity index is 1.55. The summed E-state index contributed by atoms with van der Waals surface area (Å²) in [5.74, 6) is 0.00733. The maximum atomic E-state index is 11.9. The van der Waals surface area contributed by atoms with Gasteiger partial charge in [0.05, 0.1) is 6.61 Å². The minimum atomic E-state index is -1.34. The van der Waals surface area contributed by atoms with Gasteiger partial charge in [0.15, 0.2) is 0 Å². The Labute approximate surface area is 173 Å². The van der Waals surface area contributed by atoms with Gasteiger partial charge in [-0.1, -0.05) is 31.0 Å². The largest absolute Gasteiger partial charge is 0.493 e. The van der Waals surface area contributed by atoms with Crippen molar-refractivity contribution < 1.29 is 24.7 Å². The number of aryl methyl sites for hydroxylation is 1. The number of nitrogens with two attached hydrogens (primary N) is 1. The predicted octanol–water partition coefficient (Wildman–Crippen LogP) is 1.65. The summed E-state index contributed by atoms with van der Waals surface area (Å²) in [7, 11) is -1.34. The minimum absolute atomic E-state index is 0.0729. The summed E-state index contributed by atoms with van der Waals surface area (Å²) >= 11 is 0. The summed E-state index contributed by atoms with van der Waals surface area (Å²) in [6, 6.07) is 6.35. The van der Waals surface area contributed by atoms with Gasteiger partial charge in [-0.15, -0.1) is 0 Å². The number of likely N-dealkylation sites (tertiary alicyclic amines) is 1. The van der Waals surface area contributed by atoms with Crippen molar-refractivity contribution in [2.24, 2.45) is 11.7 Å². The summed E-state index contributed by atoms with van der Waals surface area (Å²) in [5, 5.41) is 27.7. The molecule has 1 fully saturated rings. The summed E-state index contributed by atoms with van der Waals surface area (Å²) in [4.78, 5) is 14.3. The Morgan fingerprint density at radius 2 is 2.03 bits per heavy atom. The number of ether oxygens (including phenoxy) is 1. The van der Waals surface area contributed by atoms with Gasteiger partial charge in [0.1, 0.15) is 11.3 Å². The Bertz CT molecular complexity index is 694. The molecule has 3 rings (SSSR count). The fourth-order valence-corrected chi connectivity index (χ4v) is 4.66. The molecule has 0 bridgehead atoms. The monoisotopic (exact) mass is 404 g/mol. The van der Waals surface area contributed by atoms with E-state index in [-0.39, 0.29) is 12.2 Å². The minimum Gasteiger partial charge on any atom is -0.493 e. The summed E-state index contributed by atoms with van der Waals surface area (Å²) in [6.45, 7) is 3.22. The lowest BCUT2D eigenvalue weighted by molar-refractivity contribution is -0.147. The van der Waals surface area contributed by atoms with Gasteiger partial charge in [-0.25, -0.2) is 0 Å². The number of para-hydroxylation sites is 1. The maximum Gasteiger partial charge on any atom is 0.451 e. The second-order valence-corrected chi connectivity index (χ2v) is 8.48. The third kappa shape index (κ3) is 5.51. The number of carboxylic acids is 1. The molecule has 2 aliphatic heterocycles. The average molecular weight is 404 g/mol. The van der Waals surface area contributed by atoms with Crippen LogP contribution in [0.5, 0.6) is 5.75 Å². The molecule has 160 valence electrons. The van der Waals surface area contributed by atoms with E-state index < -0.39 is 18.6 Å². The van der Waals surface area contributed by atoms with Gasteiger partial charge in [-0.2, -0.15) is 0 Å². The maximum absolute atomic E-state index is 11.9. The number of aliphatic carboxylic acids is 1. The van der Waals surface area contributed by atoms with Crippen molar-refractivity contribution >= 4 is 13.1 Å². The molecule has 0 saturated carbocycles. The van der Waals surface area contributed by atoms with E-state index in [0.29, 0.717) is 19.3 Å². The van der Waals surface area contributed by atoms with Gasteiger partial charge < -0.3 is 25.6 Å². The normalized spacial score (nSPS) is 19.8. The third-order valence-corrected chi connectivity index (χ3v) is 6.43. The highest BCUT2D eigenvalue weighted by molar-refractivity contribution is 6.40. The van der Waals surface area contributed by atoms with Crippen LogP contribution in [-0.2, 0) is 17.8 Å². The topological polar surface area (TPSA) is 116 Å². The molecule has 1 saturated heterocycles. The molecule has 0 aromatic heterocycles. The van der Waals surface area contributed by atoms with Crippen LogP contribution in [0.4, 0.5) is 0 Å². The second kappa shape index (κ2) is 9.93. The molecule has 1 aromatic rings.